The molecule has 9 heteroatoms. The smallest absolute Gasteiger partial charge is 0.322 e. The van der Waals surface area contributed by atoms with Crippen LogP contribution in [0.15, 0.2) is 18.2 Å². The number of hydrogen-bond donors (Lipinski definition) is 2. The molecule has 0 radical (unpaired) electrons. The van der Waals surface area contributed by atoms with Crippen LogP contribution in [0.4, 0.5) is 10.5 Å². The van der Waals surface area contributed by atoms with Crippen molar-refractivity contribution < 1.29 is 19.1 Å². The SMILES string of the molecule is CNC1CCCN(C(=O)[C@@H]2CCCN2C(=O)Nc2ccc3c(c2)OCCO3)C1.Cl. The zero-order valence-corrected chi connectivity index (χ0v) is 17.5. The lowest BCUT2D eigenvalue weighted by atomic mass is 10.0. The summed E-state index contributed by atoms with van der Waals surface area (Å²) in [6, 6.07) is 5.06. The molecule has 4 rings (SSSR count). The predicted molar refractivity (Wildman–Crippen MR) is 112 cm³/mol. The molecule has 3 aliphatic rings. The zero-order chi connectivity index (χ0) is 19.5. The van der Waals surface area contributed by atoms with Gasteiger partial charge in [-0.15, -0.1) is 12.4 Å². The summed E-state index contributed by atoms with van der Waals surface area (Å²) >= 11 is 0. The number of likely N-dealkylation sites (tertiary alicyclic amines) is 2. The second kappa shape index (κ2) is 9.54. The highest BCUT2D eigenvalue weighted by molar-refractivity contribution is 5.94. The predicted octanol–water partition coefficient (Wildman–Crippen LogP) is 2.09. The first-order chi connectivity index (χ1) is 13.7. The third kappa shape index (κ3) is 4.70. The first-order valence-electron chi connectivity index (χ1n) is 10.1. The molecule has 0 bridgehead atoms. The molecule has 1 aromatic rings. The van der Waals surface area contributed by atoms with E-state index in [4.69, 9.17) is 9.47 Å². The van der Waals surface area contributed by atoms with Crippen LogP contribution in [0.25, 0.3) is 0 Å². The van der Waals surface area contributed by atoms with Crippen molar-refractivity contribution in [2.45, 2.75) is 37.8 Å². The Morgan fingerprint density at radius 3 is 2.62 bits per heavy atom. The monoisotopic (exact) mass is 424 g/mol. The topological polar surface area (TPSA) is 83.1 Å². The molecule has 2 saturated heterocycles. The molecule has 0 aromatic heterocycles. The molecule has 2 N–H and O–H groups in total. The maximum Gasteiger partial charge on any atom is 0.322 e. The Balaban J connectivity index is 0.00000240. The summed E-state index contributed by atoms with van der Waals surface area (Å²) in [5, 5.41) is 6.17. The first kappa shape index (κ1) is 21.5. The minimum absolute atomic E-state index is 0. The van der Waals surface area contributed by atoms with Gasteiger partial charge in [0, 0.05) is 37.4 Å². The van der Waals surface area contributed by atoms with Gasteiger partial charge in [0.2, 0.25) is 5.91 Å². The summed E-state index contributed by atoms with van der Waals surface area (Å²) in [5.41, 5.74) is 0.639. The van der Waals surface area contributed by atoms with Gasteiger partial charge in [0.1, 0.15) is 19.3 Å². The number of halogens is 1. The average molecular weight is 425 g/mol. The van der Waals surface area contributed by atoms with Gasteiger partial charge >= 0.3 is 6.03 Å². The third-order valence-corrected chi connectivity index (χ3v) is 5.73. The molecular weight excluding hydrogens is 396 g/mol. The van der Waals surface area contributed by atoms with Crippen LogP contribution < -0.4 is 20.1 Å². The number of amides is 3. The summed E-state index contributed by atoms with van der Waals surface area (Å²) in [5.74, 6) is 1.38. The van der Waals surface area contributed by atoms with Gasteiger partial charge < -0.3 is 29.9 Å². The molecule has 3 heterocycles. The Hall–Kier alpha value is -2.19. The van der Waals surface area contributed by atoms with Crippen LogP contribution in [0.5, 0.6) is 11.5 Å². The van der Waals surface area contributed by atoms with Crippen molar-refractivity contribution in [3.63, 3.8) is 0 Å². The van der Waals surface area contributed by atoms with Gasteiger partial charge in [0.15, 0.2) is 11.5 Å². The standard InChI is InChI=1S/C20H28N4O4.ClH/c1-21-15-4-2-8-23(13-15)19(25)16-5-3-9-24(16)20(26)22-14-6-7-17-18(12-14)28-11-10-27-17;/h6-7,12,15-16,21H,2-5,8-11,13H2,1H3,(H,22,26);1H/t15?,16-;/m0./s1. The molecule has 1 unspecified atom stereocenters. The number of carbonyl (C=O) groups excluding carboxylic acids is 2. The third-order valence-electron chi connectivity index (χ3n) is 5.73. The number of rotatable bonds is 3. The zero-order valence-electron chi connectivity index (χ0n) is 16.7. The molecule has 2 atom stereocenters. The number of urea groups is 1. The Morgan fingerprint density at radius 2 is 1.83 bits per heavy atom. The van der Waals surface area contributed by atoms with Gasteiger partial charge in [-0.25, -0.2) is 4.79 Å². The van der Waals surface area contributed by atoms with Crippen molar-refractivity contribution in [3.05, 3.63) is 18.2 Å². The highest BCUT2D eigenvalue weighted by Gasteiger charge is 2.37. The van der Waals surface area contributed by atoms with Gasteiger partial charge in [0.05, 0.1) is 0 Å². The molecule has 3 amide bonds. The van der Waals surface area contributed by atoms with Gasteiger partial charge in [-0.3, -0.25) is 4.79 Å². The fourth-order valence-electron chi connectivity index (χ4n) is 4.21. The second-order valence-electron chi connectivity index (χ2n) is 7.55. The number of hydrogen-bond acceptors (Lipinski definition) is 5. The van der Waals surface area contributed by atoms with E-state index in [2.05, 4.69) is 10.6 Å². The van der Waals surface area contributed by atoms with Crippen molar-refractivity contribution in [3.8, 4) is 11.5 Å². The fourth-order valence-corrected chi connectivity index (χ4v) is 4.21. The molecule has 1 aromatic carbocycles. The minimum Gasteiger partial charge on any atom is -0.486 e. The van der Waals surface area contributed by atoms with Crippen molar-refractivity contribution in [1.29, 1.82) is 0 Å². The molecular formula is C20H29ClN4O4. The number of likely N-dealkylation sites (N-methyl/N-ethyl adjacent to an activating group) is 1. The van der Waals surface area contributed by atoms with Crippen LogP contribution in [-0.2, 0) is 4.79 Å². The molecule has 0 spiro atoms. The average Bonchev–Trinajstić information content (AvgIpc) is 3.23. The van der Waals surface area contributed by atoms with Crippen LogP contribution in [0.2, 0.25) is 0 Å². The molecule has 2 fully saturated rings. The van der Waals surface area contributed by atoms with E-state index in [1.54, 1.807) is 23.1 Å². The Labute approximate surface area is 177 Å². The number of benzene rings is 1. The molecule has 0 aliphatic carbocycles. The molecule has 8 nitrogen and oxygen atoms in total. The lowest BCUT2D eigenvalue weighted by Crippen LogP contribution is -2.54. The van der Waals surface area contributed by atoms with Gasteiger partial charge in [-0.1, -0.05) is 0 Å². The normalized spacial score (nSPS) is 23.3. The first-order valence-corrected chi connectivity index (χ1v) is 10.1. The van der Waals surface area contributed by atoms with Crippen molar-refractivity contribution in [2.75, 3.05) is 45.2 Å². The van der Waals surface area contributed by atoms with Crippen LogP contribution in [0.1, 0.15) is 25.7 Å². The van der Waals surface area contributed by atoms with Crippen LogP contribution in [0, 0.1) is 0 Å². The Morgan fingerprint density at radius 1 is 1.07 bits per heavy atom. The van der Waals surface area contributed by atoms with E-state index in [1.807, 2.05) is 11.9 Å². The number of nitrogens with zero attached hydrogens (tertiary/aromatic N) is 2. The number of piperidine rings is 1. The van der Waals surface area contributed by atoms with Gasteiger partial charge in [-0.05, 0) is 44.9 Å². The summed E-state index contributed by atoms with van der Waals surface area (Å²) in [4.78, 5) is 29.5. The summed E-state index contributed by atoms with van der Waals surface area (Å²) in [7, 11) is 1.93. The highest BCUT2D eigenvalue weighted by Crippen LogP contribution is 2.33. The maximum atomic E-state index is 13.1. The van der Waals surface area contributed by atoms with E-state index in [-0.39, 0.29) is 30.4 Å². The quantitative estimate of drug-likeness (QED) is 0.776. The summed E-state index contributed by atoms with van der Waals surface area (Å²) in [6.45, 7) is 3.10. The molecule has 160 valence electrons. The van der Waals surface area contributed by atoms with E-state index in [9.17, 15) is 9.59 Å². The minimum atomic E-state index is -0.382. The lowest BCUT2D eigenvalue weighted by molar-refractivity contribution is -0.136. The summed E-state index contributed by atoms with van der Waals surface area (Å²) in [6.07, 6.45) is 3.63. The number of nitrogens with one attached hydrogen (secondary N) is 2. The number of fused-ring (bicyclic) bond motifs is 1. The van der Waals surface area contributed by atoms with Crippen LogP contribution in [0.3, 0.4) is 0 Å². The molecule has 29 heavy (non-hydrogen) atoms. The van der Waals surface area contributed by atoms with Crippen LogP contribution >= 0.6 is 12.4 Å². The largest absolute Gasteiger partial charge is 0.486 e. The van der Waals surface area contributed by atoms with Crippen molar-refractivity contribution in [1.82, 2.24) is 15.1 Å². The fraction of sp³-hybridized carbons (Fsp3) is 0.600. The molecule has 0 saturated carbocycles. The highest BCUT2D eigenvalue weighted by atomic mass is 35.5. The molecule has 3 aliphatic heterocycles. The van der Waals surface area contributed by atoms with E-state index in [0.717, 1.165) is 25.8 Å². The number of ether oxygens (including phenoxy) is 2. The van der Waals surface area contributed by atoms with Crippen molar-refractivity contribution in [2.24, 2.45) is 0 Å². The maximum absolute atomic E-state index is 13.1. The van der Waals surface area contributed by atoms with E-state index < -0.39 is 0 Å². The number of anilines is 1. The Bertz CT molecular complexity index is 747. The Kier molecular flexibility index (Phi) is 7.08. The second-order valence-corrected chi connectivity index (χ2v) is 7.55. The van der Waals surface area contributed by atoms with Gasteiger partial charge in [0.25, 0.3) is 0 Å². The van der Waals surface area contributed by atoms with Crippen LogP contribution in [-0.4, -0.2) is 73.7 Å². The lowest BCUT2D eigenvalue weighted by Gasteiger charge is -2.36. The number of carbonyl (C=O) groups is 2. The van der Waals surface area contributed by atoms with E-state index >= 15 is 0 Å². The summed E-state index contributed by atoms with van der Waals surface area (Å²) < 4.78 is 11.1. The van der Waals surface area contributed by atoms with E-state index in [1.165, 1.54) is 0 Å². The van der Waals surface area contributed by atoms with Gasteiger partial charge in [-0.2, -0.15) is 0 Å². The van der Waals surface area contributed by atoms with E-state index in [0.29, 0.717) is 56.0 Å². The van der Waals surface area contributed by atoms with Crippen molar-refractivity contribution >= 4 is 30.0 Å².